The summed E-state index contributed by atoms with van der Waals surface area (Å²) in [4.78, 5) is 11.8. The molecule has 7 heteroatoms. The molecule has 0 saturated carbocycles. The van der Waals surface area contributed by atoms with E-state index in [9.17, 15) is 0 Å². The lowest BCUT2D eigenvalue weighted by Crippen LogP contribution is -2.10. The molecule has 2 N–H and O–H groups in total. The summed E-state index contributed by atoms with van der Waals surface area (Å²) in [6, 6.07) is 0. The van der Waals surface area contributed by atoms with Crippen LogP contribution in [-0.4, -0.2) is 15.0 Å². The average molecular weight is 361 g/mol. The molecule has 0 amide bonds. The van der Waals surface area contributed by atoms with Gasteiger partial charge >= 0.3 is 0 Å². The van der Waals surface area contributed by atoms with E-state index in [1.54, 1.807) is 6.92 Å². The summed E-state index contributed by atoms with van der Waals surface area (Å²) in [6.07, 6.45) is 0. The van der Waals surface area contributed by atoms with Crippen molar-refractivity contribution in [3.63, 3.8) is 0 Å². The zero-order chi connectivity index (χ0) is 9.35. The normalized spacial score (nSPS) is 11.7. The summed E-state index contributed by atoms with van der Waals surface area (Å²) in [7, 11) is 0. The molecule has 0 bridgehead atoms. The van der Waals surface area contributed by atoms with Crippen LogP contribution in [0.5, 0.6) is 0 Å². The fraction of sp³-hybridized carbons (Fsp3) is 0.400. The van der Waals surface area contributed by atoms with Crippen LogP contribution in [0.1, 0.15) is 11.6 Å². The number of hydrogen-bond donors (Lipinski definition) is 1. The van der Waals surface area contributed by atoms with Gasteiger partial charge in [-0.25, -0.2) is 4.98 Å². The van der Waals surface area contributed by atoms with Gasteiger partial charge in [-0.3, -0.25) is 0 Å². The van der Waals surface area contributed by atoms with E-state index in [0.29, 0.717) is 11.6 Å². The van der Waals surface area contributed by atoms with E-state index in [2.05, 4.69) is 62.7 Å². The van der Waals surface area contributed by atoms with Crippen molar-refractivity contribution in [2.24, 2.45) is 0 Å². The average Bonchev–Trinajstić information content (AvgIpc) is 1.82. The number of alkyl halides is 3. The van der Waals surface area contributed by atoms with Gasteiger partial charge in [0.15, 0.2) is 7.97 Å². The number of anilines is 1. The van der Waals surface area contributed by atoms with Crippen molar-refractivity contribution in [3.8, 4) is 0 Å². The number of halogens is 3. The van der Waals surface area contributed by atoms with E-state index in [1.807, 2.05) is 0 Å². The number of nitrogen functional groups attached to an aromatic ring is 1. The zero-order valence-corrected chi connectivity index (χ0v) is 10.8. The molecule has 0 fully saturated rings. The number of rotatable bonds is 0. The minimum Gasteiger partial charge on any atom is -0.368 e. The van der Waals surface area contributed by atoms with Crippen molar-refractivity contribution in [1.29, 1.82) is 0 Å². The highest BCUT2D eigenvalue weighted by Crippen LogP contribution is 2.42. The Morgan fingerprint density at radius 3 is 2.17 bits per heavy atom. The van der Waals surface area contributed by atoms with Crippen LogP contribution >= 0.6 is 47.8 Å². The molecule has 0 saturated heterocycles. The molecule has 1 rings (SSSR count). The first-order chi connectivity index (χ1) is 5.39. The Bertz CT molecular complexity index is 275. The van der Waals surface area contributed by atoms with E-state index in [0.717, 1.165) is 0 Å². The monoisotopic (exact) mass is 358 g/mol. The first kappa shape index (κ1) is 10.3. The molecule has 1 aromatic rings. The van der Waals surface area contributed by atoms with Gasteiger partial charge in [0, 0.05) is 0 Å². The number of nitrogens with two attached hydrogens (primary N) is 1. The van der Waals surface area contributed by atoms with Gasteiger partial charge in [0.2, 0.25) is 5.95 Å². The lowest BCUT2D eigenvalue weighted by atomic mass is 10.6. The summed E-state index contributed by atoms with van der Waals surface area (Å²) in [6.45, 7) is 1.75. The van der Waals surface area contributed by atoms with Crippen molar-refractivity contribution in [1.82, 2.24) is 15.0 Å². The maximum Gasteiger partial charge on any atom is 0.223 e. The van der Waals surface area contributed by atoms with Crippen LogP contribution in [0.25, 0.3) is 0 Å². The van der Waals surface area contributed by atoms with Crippen LogP contribution in [0.15, 0.2) is 0 Å². The molecule has 0 unspecified atom stereocenters. The Kier molecular flexibility index (Phi) is 3.06. The molecule has 0 spiro atoms. The smallest absolute Gasteiger partial charge is 0.223 e. The molecule has 0 aliphatic heterocycles. The van der Waals surface area contributed by atoms with Crippen LogP contribution in [-0.2, 0) is 2.14 Å². The Morgan fingerprint density at radius 1 is 1.17 bits per heavy atom. The fourth-order valence-corrected chi connectivity index (χ4v) is 1.16. The van der Waals surface area contributed by atoms with Crippen LogP contribution in [0.3, 0.4) is 0 Å². The van der Waals surface area contributed by atoms with E-state index in [1.165, 1.54) is 0 Å². The first-order valence-electron chi connectivity index (χ1n) is 2.95. The van der Waals surface area contributed by atoms with Crippen molar-refractivity contribution in [2.45, 2.75) is 9.07 Å². The highest BCUT2D eigenvalue weighted by atomic mass is 80.0. The predicted octanol–water partition coefficient (Wildman–Crippen LogP) is 2.06. The highest BCUT2D eigenvalue weighted by molar-refractivity contribution is 9.38. The van der Waals surface area contributed by atoms with Gasteiger partial charge in [0.05, 0.1) is 0 Å². The molecule has 4 nitrogen and oxygen atoms in total. The third-order valence-electron chi connectivity index (χ3n) is 1.02. The van der Waals surface area contributed by atoms with Gasteiger partial charge in [-0.2, -0.15) is 9.97 Å². The fourth-order valence-electron chi connectivity index (χ4n) is 0.629. The van der Waals surface area contributed by atoms with Crippen LogP contribution in [0.4, 0.5) is 5.95 Å². The van der Waals surface area contributed by atoms with Gasteiger partial charge < -0.3 is 5.73 Å². The second kappa shape index (κ2) is 3.55. The summed E-state index contributed by atoms with van der Waals surface area (Å²) in [5.41, 5.74) is 5.43. The van der Waals surface area contributed by atoms with Gasteiger partial charge in [-0.05, 0) is 6.92 Å². The van der Waals surface area contributed by atoms with Crippen LogP contribution in [0.2, 0.25) is 0 Å². The lowest BCUT2D eigenvalue weighted by molar-refractivity contribution is 0.914. The molecule has 0 aliphatic carbocycles. The lowest BCUT2D eigenvalue weighted by Gasteiger charge is -2.10. The van der Waals surface area contributed by atoms with Crippen LogP contribution < -0.4 is 5.73 Å². The van der Waals surface area contributed by atoms with Crippen molar-refractivity contribution >= 4 is 53.7 Å². The van der Waals surface area contributed by atoms with Gasteiger partial charge in [-0.1, -0.05) is 47.8 Å². The molecule has 0 aromatic carbocycles. The van der Waals surface area contributed by atoms with E-state index in [4.69, 9.17) is 5.73 Å². The van der Waals surface area contributed by atoms with Crippen molar-refractivity contribution < 1.29 is 0 Å². The molecule has 1 aromatic heterocycles. The maximum atomic E-state index is 5.43. The minimum atomic E-state index is -0.630. The van der Waals surface area contributed by atoms with Crippen LogP contribution in [0, 0.1) is 6.92 Å². The highest BCUT2D eigenvalue weighted by Gasteiger charge is 2.25. The first-order valence-corrected chi connectivity index (χ1v) is 5.33. The molecule has 0 aliphatic rings. The Balaban J connectivity index is 3.18. The minimum absolute atomic E-state index is 0.209. The summed E-state index contributed by atoms with van der Waals surface area (Å²) in [5, 5.41) is 0. The standard InChI is InChI=1S/C5H5Br3N4/c1-2-10-3(5(6,7)8)12-4(9)11-2/h1H3,(H2,9,10,11,12). The largest absolute Gasteiger partial charge is 0.368 e. The molecular formula is C5H5Br3N4. The number of aromatic nitrogens is 3. The van der Waals surface area contributed by atoms with Gasteiger partial charge in [-0.15, -0.1) is 0 Å². The predicted molar refractivity (Wildman–Crippen MR) is 57.4 cm³/mol. The summed E-state index contributed by atoms with van der Waals surface area (Å²) >= 11 is 9.84. The van der Waals surface area contributed by atoms with Gasteiger partial charge in [0.1, 0.15) is 5.82 Å². The number of aryl methyl sites for hydroxylation is 1. The topological polar surface area (TPSA) is 64.7 Å². The van der Waals surface area contributed by atoms with Crippen molar-refractivity contribution in [3.05, 3.63) is 11.6 Å². The third-order valence-corrected chi connectivity index (χ3v) is 2.08. The van der Waals surface area contributed by atoms with Crippen molar-refractivity contribution in [2.75, 3.05) is 5.73 Å². The molecule has 1 heterocycles. The van der Waals surface area contributed by atoms with E-state index >= 15 is 0 Å². The maximum absolute atomic E-state index is 5.43. The molecule has 0 radical (unpaired) electrons. The van der Waals surface area contributed by atoms with E-state index in [-0.39, 0.29) is 5.95 Å². The Hall–Kier alpha value is 0.250. The third kappa shape index (κ3) is 2.63. The summed E-state index contributed by atoms with van der Waals surface area (Å²) in [5.74, 6) is 1.29. The molecule has 12 heavy (non-hydrogen) atoms. The Morgan fingerprint density at radius 2 is 1.75 bits per heavy atom. The molecule has 66 valence electrons. The Labute approximate surface area is 94.8 Å². The summed E-state index contributed by atoms with van der Waals surface area (Å²) < 4.78 is -0.630. The number of nitrogens with zero attached hydrogens (tertiary/aromatic N) is 3. The molecular weight excluding hydrogens is 356 g/mol. The number of hydrogen-bond acceptors (Lipinski definition) is 4. The quantitative estimate of drug-likeness (QED) is 0.719. The second-order valence-corrected chi connectivity index (χ2v) is 8.82. The van der Waals surface area contributed by atoms with Gasteiger partial charge in [0.25, 0.3) is 0 Å². The van der Waals surface area contributed by atoms with E-state index < -0.39 is 2.14 Å². The molecule has 0 atom stereocenters. The zero-order valence-electron chi connectivity index (χ0n) is 6.05. The second-order valence-electron chi connectivity index (χ2n) is 2.06. The SMILES string of the molecule is Cc1nc(N)nc(C(Br)(Br)Br)n1.